The lowest BCUT2D eigenvalue weighted by atomic mass is 9.99. The predicted molar refractivity (Wildman–Crippen MR) is 138 cm³/mol. The standard InChI is InChI=1S/C27H31N5O4/c1-17-21(26(33)28-9-10-35-3)7-8-23-22(17)16-32(29-23)15-18-13-31(14-18)27(34)25-11-19-5-6-20(36-4)12-24(19)30(25)2/h5-8,11-12,16,18H,9-10,13-15H2,1-4H3,(H,28,33). The van der Waals surface area contributed by atoms with Crippen molar-refractivity contribution in [1.82, 2.24) is 24.6 Å². The summed E-state index contributed by atoms with van der Waals surface area (Å²) in [5, 5.41) is 9.56. The minimum atomic E-state index is -0.112. The number of hydrogen-bond donors (Lipinski definition) is 1. The molecule has 1 fully saturated rings. The van der Waals surface area contributed by atoms with Crippen LogP contribution in [0.3, 0.4) is 0 Å². The molecule has 36 heavy (non-hydrogen) atoms. The van der Waals surface area contributed by atoms with Crippen LogP contribution in [-0.4, -0.2) is 71.5 Å². The third-order valence-corrected chi connectivity index (χ3v) is 7.00. The molecule has 0 saturated carbocycles. The first-order valence-corrected chi connectivity index (χ1v) is 12.1. The van der Waals surface area contributed by atoms with Gasteiger partial charge in [-0.2, -0.15) is 5.10 Å². The number of amides is 2. The topological polar surface area (TPSA) is 90.6 Å². The highest BCUT2D eigenvalue weighted by molar-refractivity contribution is 6.01. The molecule has 0 aliphatic carbocycles. The van der Waals surface area contributed by atoms with Crippen molar-refractivity contribution in [1.29, 1.82) is 0 Å². The molecule has 0 unspecified atom stereocenters. The Labute approximate surface area is 209 Å². The summed E-state index contributed by atoms with van der Waals surface area (Å²) in [7, 11) is 5.16. The Morgan fingerprint density at radius 1 is 1.14 bits per heavy atom. The van der Waals surface area contributed by atoms with Gasteiger partial charge in [-0.25, -0.2) is 0 Å². The summed E-state index contributed by atoms with van der Waals surface area (Å²) >= 11 is 0. The Morgan fingerprint density at radius 2 is 1.94 bits per heavy atom. The lowest BCUT2D eigenvalue weighted by molar-refractivity contribution is 0.0452. The van der Waals surface area contributed by atoms with E-state index in [9.17, 15) is 9.59 Å². The van der Waals surface area contributed by atoms with Crippen molar-refractivity contribution < 1.29 is 19.1 Å². The maximum Gasteiger partial charge on any atom is 0.270 e. The van der Waals surface area contributed by atoms with Gasteiger partial charge in [0.2, 0.25) is 0 Å². The van der Waals surface area contributed by atoms with E-state index >= 15 is 0 Å². The van der Waals surface area contributed by atoms with Gasteiger partial charge in [-0.1, -0.05) is 0 Å². The van der Waals surface area contributed by atoms with Crippen LogP contribution in [0.2, 0.25) is 0 Å². The first kappa shape index (κ1) is 23.9. The Hall–Kier alpha value is -3.85. The molecule has 0 radical (unpaired) electrons. The fourth-order valence-electron chi connectivity index (χ4n) is 4.90. The van der Waals surface area contributed by atoms with E-state index in [2.05, 4.69) is 5.32 Å². The van der Waals surface area contributed by atoms with E-state index in [1.54, 1.807) is 14.2 Å². The largest absolute Gasteiger partial charge is 0.497 e. The summed E-state index contributed by atoms with van der Waals surface area (Å²) < 4.78 is 14.2. The van der Waals surface area contributed by atoms with Crippen LogP contribution < -0.4 is 10.1 Å². The van der Waals surface area contributed by atoms with Crippen molar-refractivity contribution in [2.24, 2.45) is 13.0 Å². The van der Waals surface area contributed by atoms with Crippen molar-refractivity contribution in [3.05, 3.63) is 59.4 Å². The predicted octanol–water partition coefficient (Wildman–Crippen LogP) is 2.99. The molecular weight excluding hydrogens is 458 g/mol. The lowest BCUT2D eigenvalue weighted by Crippen LogP contribution is -2.51. The number of nitrogens with zero attached hydrogens (tertiary/aromatic N) is 4. The second kappa shape index (κ2) is 9.66. The number of fused-ring (bicyclic) bond motifs is 2. The number of aromatic nitrogens is 3. The minimum absolute atomic E-state index is 0.0366. The van der Waals surface area contributed by atoms with Gasteiger partial charge in [0, 0.05) is 74.9 Å². The third kappa shape index (κ3) is 4.30. The van der Waals surface area contributed by atoms with Crippen LogP contribution in [0.25, 0.3) is 21.8 Å². The summed E-state index contributed by atoms with van der Waals surface area (Å²) in [6, 6.07) is 11.5. The fraction of sp³-hybridized carbons (Fsp3) is 0.370. The first-order chi connectivity index (χ1) is 17.4. The number of nitrogens with one attached hydrogen (secondary N) is 1. The normalized spacial score (nSPS) is 13.8. The molecule has 9 nitrogen and oxygen atoms in total. The fourth-order valence-corrected chi connectivity index (χ4v) is 4.90. The first-order valence-electron chi connectivity index (χ1n) is 12.1. The molecule has 5 rings (SSSR count). The van der Waals surface area contributed by atoms with Crippen LogP contribution in [0.1, 0.15) is 26.4 Å². The van der Waals surface area contributed by atoms with E-state index in [0.29, 0.717) is 43.4 Å². The van der Waals surface area contributed by atoms with Crippen molar-refractivity contribution in [3.8, 4) is 5.75 Å². The Balaban J connectivity index is 1.24. The average Bonchev–Trinajstić information content (AvgIpc) is 3.42. The molecular formula is C27H31N5O4. The number of likely N-dealkylation sites (tertiary alicyclic amines) is 1. The highest BCUT2D eigenvalue weighted by Gasteiger charge is 2.33. The molecule has 0 atom stereocenters. The molecule has 2 amide bonds. The average molecular weight is 490 g/mol. The summed E-state index contributed by atoms with van der Waals surface area (Å²) in [5.41, 5.74) is 4.06. The van der Waals surface area contributed by atoms with Gasteiger partial charge in [0.15, 0.2) is 0 Å². The van der Waals surface area contributed by atoms with Crippen LogP contribution in [0.4, 0.5) is 0 Å². The molecule has 1 N–H and O–H groups in total. The van der Waals surface area contributed by atoms with Gasteiger partial charge in [-0.15, -0.1) is 0 Å². The molecule has 4 aromatic rings. The second-order valence-electron chi connectivity index (χ2n) is 9.36. The van der Waals surface area contributed by atoms with Gasteiger partial charge in [-0.3, -0.25) is 14.3 Å². The highest BCUT2D eigenvalue weighted by atomic mass is 16.5. The highest BCUT2D eigenvalue weighted by Crippen LogP contribution is 2.28. The van der Waals surface area contributed by atoms with E-state index in [-0.39, 0.29) is 11.8 Å². The summed E-state index contributed by atoms with van der Waals surface area (Å²) in [4.78, 5) is 27.6. The van der Waals surface area contributed by atoms with Crippen LogP contribution in [0.5, 0.6) is 5.75 Å². The molecule has 9 heteroatoms. The Bertz CT molecular complexity index is 1450. The SMILES string of the molecule is COCCNC(=O)c1ccc2nn(CC3CN(C(=O)c4cc5ccc(OC)cc5n4C)C3)cc2c1C. The molecule has 1 aliphatic heterocycles. The number of carbonyl (C=O) groups excluding carboxylic acids is 2. The molecule has 0 spiro atoms. The van der Waals surface area contributed by atoms with Crippen LogP contribution in [0.15, 0.2) is 42.6 Å². The van der Waals surface area contributed by atoms with Crippen molar-refractivity contribution >= 4 is 33.6 Å². The second-order valence-corrected chi connectivity index (χ2v) is 9.36. The molecule has 3 heterocycles. The molecule has 1 saturated heterocycles. The molecule has 2 aromatic heterocycles. The monoisotopic (exact) mass is 489 g/mol. The van der Waals surface area contributed by atoms with Crippen molar-refractivity contribution in [3.63, 3.8) is 0 Å². The molecule has 0 bridgehead atoms. The zero-order valence-corrected chi connectivity index (χ0v) is 21.1. The Kier molecular flexibility index (Phi) is 6.40. The number of carbonyl (C=O) groups is 2. The van der Waals surface area contributed by atoms with Gasteiger partial charge < -0.3 is 24.3 Å². The molecule has 188 valence electrons. The number of aryl methyl sites for hydroxylation is 2. The lowest BCUT2D eigenvalue weighted by Gasteiger charge is -2.39. The smallest absolute Gasteiger partial charge is 0.270 e. The number of hydrogen-bond acceptors (Lipinski definition) is 5. The van der Waals surface area contributed by atoms with Gasteiger partial charge >= 0.3 is 0 Å². The molecule has 1 aliphatic rings. The van der Waals surface area contributed by atoms with E-state index < -0.39 is 0 Å². The van der Waals surface area contributed by atoms with E-state index in [1.165, 1.54) is 0 Å². The number of benzene rings is 2. The van der Waals surface area contributed by atoms with E-state index in [1.807, 2.05) is 70.7 Å². The zero-order chi connectivity index (χ0) is 25.4. The van der Waals surface area contributed by atoms with Crippen LogP contribution in [0, 0.1) is 12.8 Å². The van der Waals surface area contributed by atoms with Gasteiger partial charge in [-0.05, 0) is 42.8 Å². The minimum Gasteiger partial charge on any atom is -0.497 e. The van der Waals surface area contributed by atoms with Gasteiger partial charge in [0.05, 0.1) is 24.8 Å². The quantitative estimate of drug-likeness (QED) is 0.384. The van der Waals surface area contributed by atoms with Crippen LogP contribution >= 0.6 is 0 Å². The Morgan fingerprint density at radius 3 is 2.69 bits per heavy atom. The zero-order valence-electron chi connectivity index (χ0n) is 21.1. The molecule has 2 aromatic carbocycles. The number of methoxy groups -OCH3 is 2. The van der Waals surface area contributed by atoms with E-state index in [0.717, 1.165) is 39.7 Å². The van der Waals surface area contributed by atoms with Crippen LogP contribution in [-0.2, 0) is 18.3 Å². The summed E-state index contributed by atoms with van der Waals surface area (Å²) in [6.45, 7) is 4.98. The van der Waals surface area contributed by atoms with E-state index in [4.69, 9.17) is 14.6 Å². The number of rotatable bonds is 8. The number of ether oxygens (including phenoxy) is 2. The summed E-state index contributed by atoms with van der Waals surface area (Å²) in [6.07, 6.45) is 2.00. The van der Waals surface area contributed by atoms with Crippen molar-refractivity contribution in [2.45, 2.75) is 13.5 Å². The maximum atomic E-state index is 13.2. The van der Waals surface area contributed by atoms with Crippen molar-refractivity contribution in [2.75, 3.05) is 40.5 Å². The van der Waals surface area contributed by atoms with Gasteiger partial charge in [0.25, 0.3) is 11.8 Å². The summed E-state index contributed by atoms with van der Waals surface area (Å²) in [5.74, 6) is 1.02. The maximum absolute atomic E-state index is 13.2. The van der Waals surface area contributed by atoms with Gasteiger partial charge in [0.1, 0.15) is 11.4 Å². The third-order valence-electron chi connectivity index (χ3n) is 7.00.